The Hall–Kier alpha value is -0.440. The van der Waals surface area contributed by atoms with Gasteiger partial charge in [-0.3, -0.25) is 0 Å². The van der Waals surface area contributed by atoms with Gasteiger partial charge in [-0.1, -0.05) is 22.0 Å². The van der Waals surface area contributed by atoms with Crippen LogP contribution in [0.2, 0.25) is 0 Å². The SMILES string of the molecule is FC(F)c1c[c]ccc1Br. The first-order chi connectivity index (χ1) is 4.72. The molecular formula is C7H4BrF2. The van der Waals surface area contributed by atoms with E-state index in [0.717, 1.165) is 0 Å². The normalized spacial score (nSPS) is 10.4. The molecule has 0 saturated heterocycles. The molecule has 0 bridgehead atoms. The van der Waals surface area contributed by atoms with Gasteiger partial charge in [0.05, 0.1) is 0 Å². The molecule has 3 heteroatoms. The van der Waals surface area contributed by atoms with Crippen molar-refractivity contribution >= 4 is 15.9 Å². The van der Waals surface area contributed by atoms with Gasteiger partial charge in [-0.15, -0.1) is 0 Å². The van der Waals surface area contributed by atoms with E-state index in [4.69, 9.17) is 0 Å². The van der Waals surface area contributed by atoms with E-state index in [0.29, 0.717) is 4.47 Å². The fourth-order valence-corrected chi connectivity index (χ4v) is 1.01. The largest absolute Gasteiger partial charge is 0.264 e. The monoisotopic (exact) mass is 205 g/mol. The zero-order chi connectivity index (χ0) is 7.56. The molecule has 0 nitrogen and oxygen atoms in total. The first kappa shape index (κ1) is 7.66. The van der Waals surface area contributed by atoms with Crippen LogP contribution in [0.5, 0.6) is 0 Å². The molecule has 1 radical (unpaired) electrons. The smallest absolute Gasteiger partial charge is 0.205 e. The van der Waals surface area contributed by atoms with Crippen LogP contribution in [-0.2, 0) is 0 Å². The molecular weight excluding hydrogens is 202 g/mol. The Morgan fingerprint density at radius 2 is 2.20 bits per heavy atom. The summed E-state index contributed by atoms with van der Waals surface area (Å²) in [6, 6.07) is 6.97. The topological polar surface area (TPSA) is 0 Å². The summed E-state index contributed by atoms with van der Waals surface area (Å²) in [5, 5.41) is 0. The first-order valence-electron chi connectivity index (χ1n) is 2.65. The number of alkyl halides is 2. The van der Waals surface area contributed by atoms with Crippen molar-refractivity contribution in [1.29, 1.82) is 0 Å². The number of hydrogen-bond acceptors (Lipinski definition) is 0. The molecule has 53 valence electrons. The van der Waals surface area contributed by atoms with Crippen molar-refractivity contribution in [2.75, 3.05) is 0 Å². The molecule has 10 heavy (non-hydrogen) atoms. The van der Waals surface area contributed by atoms with E-state index in [2.05, 4.69) is 22.0 Å². The summed E-state index contributed by atoms with van der Waals surface area (Å²) in [4.78, 5) is 0. The number of benzene rings is 1. The standard InChI is InChI=1S/C7H4BrF2/c8-6-4-2-1-3-5(6)7(9)10/h2-4,7H. The lowest BCUT2D eigenvalue weighted by atomic mass is 10.2. The summed E-state index contributed by atoms with van der Waals surface area (Å²) in [5.41, 5.74) is -0.0116. The molecule has 0 aliphatic rings. The summed E-state index contributed by atoms with van der Waals surface area (Å²) < 4.78 is 24.4. The summed E-state index contributed by atoms with van der Waals surface area (Å²) in [5.74, 6) is 0. The van der Waals surface area contributed by atoms with Gasteiger partial charge < -0.3 is 0 Å². The van der Waals surface area contributed by atoms with Gasteiger partial charge in [-0.05, 0) is 18.2 Å². The molecule has 0 aliphatic carbocycles. The van der Waals surface area contributed by atoms with Crippen LogP contribution in [0.3, 0.4) is 0 Å². The Morgan fingerprint density at radius 3 is 2.60 bits per heavy atom. The van der Waals surface area contributed by atoms with Gasteiger partial charge in [0, 0.05) is 10.0 Å². The van der Waals surface area contributed by atoms with Crippen molar-refractivity contribution < 1.29 is 8.78 Å². The minimum Gasteiger partial charge on any atom is -0.205 e. The van der Waals surface area contributed by atoms with E-state index in [1.165, 1.54) is 6.07 Å². The van der Waals surface area contributed by atoms with Crippen LogP contribution in [0.15, 0.2) is 22.7 Å². The van der Waals surface area contributed by atoms with Gasteiger partial charge in [0.25, 0.3) is 6.43 Å². The second kappa shape index (κ2) is 3.10. The van der Waals surface area contributed by atoms with Gasteiger partial charge in [-0.2, -0.15) is 0 Å². The minimum atomic E-state index is -2.42. The molecule has 1 rings (SSSR count). The second-order valence-electron chi connectivity index (χ2n) is 1.75. The quantitative estimate of drug-likeness (QED) is 0.661. The lowest BCUT2D eigenvalue weighted by Crippen LogP contribution is -1.83. The van der Waals surface area contributed by atoms with Crippen LogP contribution in [-0.4, -0.2) is 0 Å². The third-order valence-corrected chi connectivity index (χ3v) is 1.80. The maximum atomic E-state index is 12.0. The third kappa shape index (κ3) is 1.53. The molecule has 0 spiro atoms. The molecule has 0 atom stereocenters. The van der Waals surface area contributed by atoms with Crippen molar-refractivity contribution in [3.63, 3.8) is 0 Å². The summed E-state index contributed by atoms with van der Waals surface area (Å²) in [6.07, 6.45) is -2.42. The average molecular weight is 206 g/mol. The summed E-state index contributed by atoms with van der Waals surface area (Å²) in [7, 11) is 0. The highest BCUT2D eigenvalue weighted by Gasteiger charge is 2.08. The Morgan fingerprint density at radius 1 is 1.50 bits per heavy atom. The zero-order valence-corrected chi connectivity index (χ0v) is 6.53. The maximum Gasteiger partial charge on any atom is 0.264 e. The van der Waals surface area contributed by atoms with Crippen molar-refractivity contribution in [2.24, 2.45) is 0 Å². The average Bonchev–Trinajstić information content (AvgIpc) is 1.88. The molecule has 0 aliphatic heterocycles. The van der Waals surface area contributed by atoms with Crippen LogP contribution in [0, 0.1) is 6.07 Å². The minimum absolute atomic E-state index is 0.0116. The maximum absolute atomic E-state index is 12.0. The van der Waals surface area contributed by atoms with E-state index >= 15 is 0 Å². The lowest BCUT2D eigenvalue weighted by molar-refractivity contribution is 0.150. The highest BCUT2D eigenvalue weighted by Crippen LogP contribution is 2.25. The van der Waals surface area contributed by atoms with Crippen LogP contribution in [0.4, 0.5) is 8.78 Å². The molecule has 0 fully saturated rings. The number of rotatable bonds is 1. The summed E-state index contributed by atoms with van der Waals surface area (Å²) >= 11 is 3.00. The van der Waals surface area contributed by atoms with E-state index in [1.54, 1.807) is 12.1 Å². The van der Waals surface area contributed by atoms with Crippen molar-refractivity contribution in [3.05, 3.63) is 34.3 Å². The van der Waals surface area contributed by atoms with Gasteiger partial charge >= 0.3 is 0 Å². The van der Waals surface area contributed by atoms with Gasteiger partial charge in [0.1, 0.15) is 0 Å². The van der Waals surface area contributed by atoms with Crippen LogP contribution in [0.1, 0.15) is 12.0 Å². The van der Waals surface area contributed by atoms with E-state index < -0.39 is 6.43 Å². The molecule has 0 aromatic heterocycles. The lowest BCUT2D eigenvalue weighted by Gasteiger charge is -1.99. The predicted octanol–water partition coefficient (Wildman–Crippen LogP) is 3.19. The van der Waals surface area contributed by atoms with Gasteiger partial charge in [0.15, 0.2) is 0 Å². The van der Waals surface area contributed by atoms with Crippen LogP contribution >= 0.6 is 15.9 Å². The van der Waals surface area contributed by atoms with Crippen molar-refractivity contribution in [3.8, 4) is 0 Å². The van der Waals surface area contributed by atoms with Gasteiger partial charge in [0.2, 0.25) is 0 Å². The third-order valence-electron chi connectivity index (χ3n) is 1.08. The summed E-state index contributed by atoms with van der Waals surface area (Å²) in [6.45, 7) is 0. The predicted molar refractivity (Wildman–Crippen MR) is 37.9 cm³/mol. The fourth-order valence-electron chi connectivity index (χ4n) is 0.592. The van der Waals surface area contributed by atoms with Crippen molar-refractivity contribution in [2.45, 2.75) is 6.43 Å². The molecule has 0 N–H and O–H groups in total. The molecule has 0 amide bonds. The molecule has 1 aromatic carbocycles. The molecule has 1 aromatic rings. The Balaban J connectivity index is 3.03. The zero-order valence-electron chi connectivity index (χ0n) is 4.94. The second-order valence-corrected chi connectivity index (χ2v) is 2.60. The highest BCUT2D eigenvalue weighted by molar-refractivity contribution is 9.10. The Kier molecular flexibility index (Phi) is 2.38. The number of halogens is 3. The van der Waals surface area contributed by atoms with E-state index in [-0.39, 0.29) is 5.56 Å². The van der Waals surface area contributed by atoms with Gasteiger partial charge in [-0.25, -0.2) is 8.78 Å². The van der Waals surface area contributed by atoms with E-state index in [9.17, 15) is 8.78 Å². The van der Waals surface area contributed by atoms with Crippen molar-refractivity contribution in [1.82, 2.24) is 0 Å². The van der Waals surface area contributed by atoms with Crippen LogP contribution < -0.4 is 0 Å². The molecule has 0 unspecified atom stereocenters. The molecule has 0 heterocycles. The van der Waals surface area contributed by atoms with Crippen LogP contribution in [0.25, 0.3) is 0 Å². The molecule has 0 saturated carbocycles. The highest BCUT2D eigenvalue weighted by atomic mass is 79.9. The fraction of sp³-hybridized carbons (Fsp3) is 0.143. The Labute approximate surface area is 66.0 Å². The van der Waals surface area contributed by atoms with E-state index in [1.807, 2.05) is 0 Å². The first-order valence-corrected chi connectivity index (χ1v) is 3.45. The number of hydrogen-bond donors (Lipinski definition) is 0. The Bertz CT molecular complexity index is 223.